The van der Waals surface area contributed by atoms with Crippen molar-refractivity contribution in [2.45, 2.75) is 23.7 Å². The fourth-order valence-corrected chi connectivity index (χ4v) is 1.58. The molecule has 4 atom stereocenters. The molecule has 9 nitrogen and oxygen atoms in total. The minimum absolute atomic E-state index is 0.203. The van der Waals surface area contributed by atoms with Crippen LogP contribution >= 0.6 is 7.60 Å². The Bertz CT molecular complexity index is 288. The van der Waals surface area contributed by atoms with E-state index in [1.54, 1.807) is 0 Å². The lowest BCUT2D eigenvalue weighted by Gasteiger charge is -2.34. The fourth-order valence-electron chi connectivity index (χ4n) is 0.899. The first-order chi connectivity index (χ1) is 7.11. The Hall–Kier alpha value is -0.380. The van der Waals surface area contributed by atoms with Crippen molar-refractivity contribution in [3.05, 3.63) is 0 Å². The molecule has 96 valence electrons. The van der Waals surface area contributed by atoms with E-state index >= 15 is 0 Å². The molecule has 0 spiro atoms. The molecule has 0 rings (SSSR count). The zero-order valence-electron chi connectivity index (χ0n) is 7.91. The molecule has 0 amide bonds. The van der Waals surface area contributed by atoms with Crippen molar-refractivity contribution >= 4 is 13.9 Å². The summed E-state index contributed by atoms with van der Waals surface area (Å²) < 4.78 is 10.8. The standard InChI is InChI=1S/C6H13O9P/c7-1-3(9)4(10)5(11)6(12,2-8)16(13,14)15/h1,3-5,8-12H,2H2,(H2,13,14,15)/t3-,4+,5-,6-/m0/s1. The molecule has 0 aromatic heterocycles. The lowest BCUT2D eigenvalue weighted by molar-refractivity contribution is -0.147. The van der Waals surface area contributed by atoms with Crippen molar-refractivity contribution in [3.8, 4) is 0 Å². The summed E-state index contributed by atoms with van der Waals surface area (Å²) in [5, 5.41) is 41.6. The predicted octanol–water partition coefficient (Wildman–Crippen LogP) is -3.87. The predicted molar refractivity (Wildman–Crippen MR) is 48.2 cm³/mol. The molecule has 7 N–H and O–H groups in total. The fraction of sp³-hybridized carbons (Fsp3) is 0.833. The molecule has 0 aliphatic carbocycles. The van der Waals surface area contributed by atoms with Crippen LogP contribution in [0.25, 0.3) is 0 Å². The van der Waals surface area contributed by atoms with Gasteiger partial charge in [0.25, 0.3) is 0 Å². The second-order valence-corrected chi connectivity index (χ2v) is 5.01. The first-order valence-corrected chi connectivity index (χ1v) is 5.61. The second-order valence-electron chi connectivity index (χ2n) is 3.14. The summed E-state index contributed by atoms with van der Waals surface area (Å²) in [5.41, 5.74) is 0. The van der Waals surface area contributed by atoms with Crippen LogP contribution in [0.3, 0.4) is 0 Å². The Morgan fingerprint density at radius 3 is 1.94 bits per heavy atom. The Kier molecular flexibility index (Phi) is 5.17. The van der Waals surface area contributed by atoms with Gasteiger partial charge in [0.2, 0.25) is 5.34 Å². The van der Waals surface area contributed by atoms with Gasteiger partial charge in [0.15, 0.2) is 6.29 Å². The number of carbonyl (C=O) groups is 1. The number of aldehydes is 1. The highest BCUT2D eigenvalue weighted by molar-refractivity contribution is 7.53. The minimum atomic E-state index is -5.38. The van der Waals surface area contributed by atoms with Crippen molar-refractivity contribution in [1.82, 2.24) is 0 Å². The first-order valence-electron chi connectivity index (χ1n) is 4.00. The van der Waals surface area contributed by atoms with Crippen LogP contribution in [0, 0.1) is 0 Å². The first kappa shape index (κ1) is 15.6. The second kappa shape index (κ2) is 5.30. The van der Waals surface area contributed by atoms with E-state index in [2.05, 4.69) is 0 Å². The lowest BCUT2D eigenvalue weighted by Crippen LogP contribution is -2.55. The van der Waals surface area contributed by atoms with Gasteiger partial charge in [-0.05, 0) is 0 Å². The van der Waals surface area contributed by atoms with Crippen LogP contribution < -0.4 is 0 Å². The van der Waals surface area contributed by atoms with Gasteiger partial charge in [-0.2, -0.15) is 0 Å². The summed E-state index contributed by atoms with van der Waals surface area (Å²) in [5.74, 6) is 0. The van der Waals surface area contributed by atoms with Gasteiger partial charge in [-0.1, -0.05) is 0 Å². The molecule has 10 heteroatoms. The molecule has 16 heavy (non-hydrogen) atoms. The maximum absolute atomic E-state index is 10.8. The Morgan fingerprint density at radius 1 is 1.25 bits per heavy atom. The average Bonchev–Trinajstić information content (AvgIpc) is 2.22. The molecule has 0 aliphatic rings. The smallest absolute Gasteiger partial charge is 0.362 e. The number of aliphatic hydroxyl groups is 5. The number of rotatable bonds is 6. The van der Waals surface area contributed by atoms with Gasteiger partial charge in [-0.15, -0.1) is 0 Å². The summed E-state index contributed by atoms with van der Waals surface area (Å²) in [4.78, 5) is 27.4. The molecule has 0 saturated carbocycles. The molecule has 0 fully saturated rings. The topological polar surface area (TPSA) is 176 Å². The third-order valence-corrected chi connectivity index (χ3v) is 3.44. The van der Waals surface area contributed by atoms with E-state index in [1.807, 2.05) is 0 Å². The van der Waals surface area contributed by atoms with E-state index in [9.17, 15) is 19.6 Å². The molecule has 0 saturated heterocycles. The summed E-state index contributed by atoms with van der Waals surface area (Å²) in [6, 6.07) is 0. The summed E-state index contributed by atoms with van der Waals surface area (Å²) in [7, 11) is -5.38. The van der Waals surface area contributed by atoms with E-state index in [1.165, 1.54) is 0 Å². The molecular weight excluding hydrogens is 247 g/mol. The van der Waals surface area contributed by atoms with E-state index in [0.717, 1.165) is 0 Å². The molecule has 0 aliphatic heterocycles. The molecular formula is C6H13O9P. The van der Waals surface area contributed by atoms with Crippen LogP contribution in [0.4, 0.5) is 0 Å². The highest BCUT2D eigenvalue weighted by atomic mass is 31.2. The zero-order chi connectivity index (χ0) is 13.1. The highest BCUT2D eigenvalue weighted by Crippen LogP contribution is 2.51. The van der Waals surface area contributed by atoms with Crippen molar-refractivity contribution in [3.63, 3.8) is 0 Å². The van der Waals surface area contributed by atoms with E-state index in [4.69, 9.17) is 25.1 Å². The van der Waals surface area contributed by atoms with Crippen molar-refractivity contribution in [2.75, 3.05) is 6.61 Å². The van der Waals surface area contributed by atoms with E-state index < -0.39 is 37.9 Å². The Balaban J connectivity index is 5.13. The normalized spacial score (nSPS) is 21.9. The molecule has 0 heterocycles. The number of hydrogen-bond acceptors (Lipinski definition) is 7. The SMILES string of the molecule is O=C[C@H](O)[C@@H](O)[C@H](O)[C@](O)(CO)P(=O)(O)O. The Morgan fingerprint density at radius 2 is 1.69 bits per heavy atom. The maximum Gasteiger partial charge on any atom is 0.362 e. The molecule has 0 radical (unpaired) electrons. The zero-order valence-corrected chi connectivity index (χ0v) is 8.81. The van der Waals surface area contributed by atoms with Crippen LogP contribution in [-0.2, 0) is 9.36 Å². The van der Waals surface area contributed by atoms with Crippen LogP contribution in [0.15, 0.2) is 0 Å². The average molecular weight is 260 g/mol. The van der Waals surface area contributed by atoms with Gasteiger partial charge in [-0.25, -0.2) is 0 Å². The lowest BCUT2D eigenvalue weighted by atomic mass is 10.0. The van der Waals surface area contributed by atoms with Gasteiger partial charge in [0, 0.05) is 0 Å². The van der Waals surface area contributed by atoms with E-state index in [0.29, 0.717) is 0 Å². The quantitative estimate of drug-likeness (QED) is 0.186. The third-order valence-electron chi connectivity index (χ3n) is 2.02. The van der Waals surface area contributed by atoms with Gasteiger partial charge in [-0.3, -0.25) is 4.57 Å². The molecule has 0 bridgehead atoms. The van der Waals surface area contributed by atoms with Gasteiger partial charge in [0.05, 0.1) is 6.61 Å². The third kappa shape index (κ3) is 2.84. The van der Waals surface area contributed by atoms with Crippen LogP contribution in [0.1, 0.15) is 0 Å². The highest BCUT2D eigenvalue weighted by Gasteiger charge is 2.54. The van der Waals surface area contributed by atoms with Gasteiger partial charge >= 0.3 is 7.60 Å². The van der Waals surface area contributed by atoms with Crippen molar-refractivity contribution < 1.29 is 44.7 Å². The maximum atomic E-state index is 10.8. The minimum Gasteiger partial charge on any atom is -0.393 e. The number of hydrogen-bond donors (Lipinski definition) is 7. The van der Waals surface area contributed by atoms with Crippen LogP contribution in [0.2, 0.25) is 0 Å². The molecule has 0 aromatic carbocycles. The van der Waals surface area contributed by atoms with Gasteiger partial charge < -0.3 is 40.1 Å². The monoisotopic (exact) mass is 260 g/mol. The van der Waals surface area contributed by atoms with Crippen LogP contribution in [-0.4, -0.2) is 71.9 Å². The number of carbonyl (C=O) groups excluding carboxylic acids is 1. The largest absolute Gasteiger partial charge is 0.393 e. The number of aliphatic hydroxyl groups excluding tert-OH is 4. The molecule has 0 aromatic rings. The van der Waals surface area contributed by atoms with Gasteiger partial charge in [0.1, 0.15) is 18.3 Å². The Labute approximate surface area is 89.7 Å². The summed E-state index contributed by atoms with van der Waals surface area (Å²) in [6.07, 6.45) is -7.30. The molecule has 0 unspecified atom stereocenters. The summed E-state index contributed by atoms with van der Waals surface area (Å²) >= 11 is 0. The van der Waals surface area contributed by atoms with Crippen LogP contribution in [0.5, 0.6) is 0 Å². The van der Waals surface area contributed by atoms with E-state index in [-0.39, 0.29) is 6.29 Å². The summed E-state index contributed by atoms with van der Waals surface area (Å²) in [6.45, 7) is -1.57. The van der Waals surface area contributed by atoms with Crippen molar-refractivity contribution in [2.24, 2.45) is 0 Å². The van der Waals surface area contributed by atoms with Crippen molar-refractivity contribution in [1.29, 1.82) is 0 Å².